The van der Waals surface area contributed by atoms with Gasteiger partial charge in [-0.1, -0.05) is 24.3 Å². The third kappa shape index (κ3) is 6.45. The Labute approximate surface area is 166 Å². The molecule has 148 valence electrons. The van der Waals surface area contributed by atoms with Crippen LogP contribution in [0, 0.1) is 6.92 Å². The molecule has 2 aromatic rings. The van der Waals surface area contributed by atoms with Crippen LogP contribution in [0.1, 0.15) is 25.0 Å². The molecule has 0 unspecified atom stereocenters. The van der Waals surface area contributed by atoms with Crippen LogP contribution < -0.4 is 14.2 Å². The van der Waals surface area contributed by atoms with E-state index < -0.39 is 10.0 Å². The van der Waals surface area contributed by atoms with Crippen molar-refractivity contribution in [3.8, 4) is 11.5 Å². The van der Waals surface area contributed by atoms with Crippen LogP contribution in [0.4, 0.5) is 0 Å². The van der Waals surface area contributed by atoms with E-state index in [0.717, 1.165) is 5.75 Å². The lowest BCUT2D eigenvalue weighted by atomic mass is 10.1. The number of nitrogens with one attached hydrogen (secondary N) is 1. The first-order valence-corrected chi connectivity index (χ1v) is 11.6. The third-order valence-electron chi connectivity index (χ3n) is 3.88. The molecule has 2 rings (SSSR count). The van der Waals surface area contributed by atoms with Crippen LogP contribution in [0.5, 0.6) is 11.5 Å². The summed E-state index contributed by atoms with van der Waals surface area (Å²) >= 11 is 1.71. The average Bonchev–Trinajstić information content (AvgIpc) is 2.64. The number of hydrogen-bond donors (Lipinski definition) is 1. The fourth-order valence-corrected chi connectivity index (χ4v) is 4.59. The maximum absolute atomic E-state index is 12.5. The lowest BCUT2D eigenvalue weighted by Gasteiger charge is -2.13. The predicted molar refractivity (Wildman–Crippen MR) is 111 cm³/mol. The molecule has 0 heterocycles. The molecule has 0 bridgehead atoms. The van der Waals surface area contributed by atoms with E-state index in [2.05, 4.69) is 23.8 Å². The van der Waals surface area contributed by atoms with Gasteiger partial charge in [-0.25, -0.2) is 13.1 Å². The van der Waals surface area contributed by atoms with Crippen molar-refractivity contribution in [3.05, 3.63) is 53.6 Å². The van der Waals surface area contributed by atoms with Gasteiger partial charge in [0.2, 0.25) is 10.0 Å². The van der Waals surface area contributed by atoms with E-state index >= 15 is 0 Å². The van der Waals surface area contributed by atoms with Gasteiger partial charge in [-0.05, 0) is 44.0 Å². The SMILES string of the molecule is CCOc1ccc(S(=O)(=O)NCCSCc2ccccc2C)cc1OCC. The quantitative estimate of drug-likeness (QED) is 0.568. The summed E-state index contributed by atoms with van der Waals surface area (Å²) in [7, 11) is -3.58. The van der Waals surface area contributed by atoms with E-state index in [1.54, 1.807) is 17.8 Å². The van der Waals surface area contributed by atoms with Gasteiger partial charge in [0.05, 0.1) is 18.1 Å². The van der Waals surface area contributed by atoms with E-state index in [4.69, 9.17) is 9.47 Å². The summed E-state index contributed by atoms with van der Waals surface area (Å²) in [5, 5.41) is 0. The van der Waals surface area contributed by atoms with E-state index in [-0.39, 0.29) is 4.90 Å². The van der Waals surface area contributed by atoms with Crippen LogP contribution in [0.2, 0.25) is 0 Å². The summed E-state index contributed by atoms with van der Waals surface area (Å²) in [4.78, 5) is 0.179. The summed E-state index contributed by atoms with van der Waals surface area (Å²) in [6, 6.07) is 12.9. The first kappa shape index (κ1) is 21.6. The Morgan fingerprint density at radius 2 is 1.70 bits per heavy atom. The summed E-state index contributed by atoms with van der Waals surface area (Å²) in [5.74, 6) is 2.55. The van der Waals surface area contributed by atoms with Crippen LogP contribution >= 0.6 is 11.8 Å². The largest absolute Gasteiger partial charge is 0.490 e. The average molecular weight is 410 g/mol. The van der Waals surface area contributed by atoms with Gasteiger partial charge < -0.3 is 9.47 Å². The molecular weight excluding hydrogens is 382 g/mol. The highest BCUT2D eigenvalue weighted by molar-refractivity contribution is 7.98. The minimum atomic E-state index is -3.58. The zero-order valence-corrected chi connectivity index (χ0v) is 17.7. The van der Waals surface area contributed by atoms with Crippen molar-refractivity contribution in [3.63, 3.8) is 0 Å². The molecule has 0 aliphatic heterocycles. The highest BCUT2D eigenvalue weighted by Crippen LogP contribution is 2.30. The number of sulfonamides is 1. The van der Waals surface area contributed by atoms with Gasteiger partial charge in [0.1, 0.15) is 0 Å². The molecule has 0 saturated heterocycles. The van der Waals surface area contributed by atoms with Crippen LogP contribution in [0.25, 0.3) is 0 Å². The van der Waals surface area contributed by atoms with Gasteiger partial charge in [-0.3, -0.25) is 0 Å². The molecule has 5 nitrogen and oxygen atoms in total. The number of rotatable bonds is 11. The Morgan fingerprint density at radius 3 is 2.41 bits per heavy atom. The smallest absolute Gasteiger partial charge is 0.240 e. The molecule has 0 aliphatic carbocycles. The molecule has 0 spiro atoms. The van der Waals surface area contributed by atoms with Gasteiger partial charge in [-0.2, -0.15) is 11.8 Å². The minimum Gasteiger partial charge on any atom is -0.490 e. The fraction of sp³-hybridized carbons (Fsp3) is 0.400. The zero-order valence-electron chi connectivity index (χ0n) is 16.0. The molecule has 0 amide bonds. The number of benzene rings is 2. The van der Waals surface area contributed by atoms with E-state index in [1.807, 2.05) is 26.0 Å². The van der Waals surface area contributed by atoms with E-state index in [1.165, 1.54) is 23.3 Å². The summed E-state index contributed by atoms with van der Waals surface area (Å²) in [6.07, 6.45) is 0. The maximum atomic E-state index is 12.5. The van der Waals surface area contributed by atoms with E-state index in [0.29, 0.717) is 37.0 Å². The highest BCUT2D eigenvalue weighted by Gasteiger charge is 2.17. The second-order valence-electron chi connectivity index (χ2n) is 5.85. The molecule has 2 aromatic carbocycles. The second kappa shape index (κ2) is 10.6. The number of aryl methyl sites for hydroxylation is 1. The lowest BCUT2D eigenvalue weighted by Crippen LogP contribution is -2.26. The molecule has 1 N–H and O–H groups in total. The Hall–Kier alpha value is -1.70. The summed E-state index contributed by atoms with van der Waals surface area (Å²) < 4.78 is 38.7. The van der Waals surface area contributed by atoms with Crippen molar-refractivity contribution in [1.29, 1.82) is 0 Å². The summed E-state index contributed by atoms with van der Waals surface area (Å²) in [5.41, 5.74) is 2.53. The minimum absolute atomic E-state index is 0.179. The van der Waals surface area contributed by atoms with Gasteiger partial charge >= 0.3 is 0 Å². The van der Waals surface area contributed by atoms with Crippen molar-refractivity contribution in [1.82, 2.24) is 4.72 Å². The van der Waals surface area contributed by atoms with Crippen LogP contribution in [0.15, 0.2) is 47.4 Å². The van der Waals surface area contributed by atoms with Crippen molar-refractivity contribution < 1.29 is 17.9 Å². The van der Waals surface area contributed by atoms with Crippen molar-refractivity contribution in [2.24, 2.45) is 0 Å². The van der Waals surface area contributed by atoms with Gasteiger partial charge in [0.15, 0.2) is 11.5 Å². The second-order valence-corrected chi connectivity index (χ2v) is 8.72. The summed E-state index contributed by atoms with van der Waals surface area (Å²) in [6.45, 7) is 7.10. The van der Waals surface area contributed by atoms with Crippen molar-refractivity contribution >= 4 is 21.8 Å². The predicted octanol–water partition coefficient (Wildman–Crippen LogP) is 4.00. The topological polar surface area (TPSA) is 64.6 Å². The number of thioether (sulfide) groups is 1. The van der Waals surface area contributed by atoms with Crippen LogP contribution in [-0.4, -0.2) is 33.9 Å². The molecule has 0 aliphatic rings. The standard InChI is InChI=1S/C20H27NO4S2/c1-4-24-19-11-10-18(14-20(19)25-5-2)27(22,23)21-12-13-26-15-17-9-7-6-8-16(17)3/h6-11,14,21H,4-5,12-13,15H2,1-3H3. The fourth-order valence-electron chi connectivity index (χ4n) is 2.48. The van der Waals surface area contributed by atoms with Crippen LogP contribution in [-0.2, 0) is 15.8 Å². The lowest BCUT2D eigenvalue weighted by molar-refractivity contribution is 0.287. The Balaban J connectivity index is 1.92. The first-order chi connectivity index (χ1) is 13.0. The monoisotopic (exact) mass is 409 g/mol. The third-order valence-corrected chi connectivity index (χ3v) is 6.35. The number of ether oxygens (including phenoxy) is 2. The Bertz CT molecular complexity index is 838. The van der Waals surface area contributed by atoms with Gasteiger partial charge in [0.25, 0.3) is 0 Å². The van der Waals surface area contributed by atoms with Gasteiger partial charge in [0, 0.05) is 24.1 Å². The van der Waals surface area contributed by atoms with Crippen molar-refractivity contribution in [2.75, 3.05) is 25.5 Å². The first-order valence-electron chi connectivity index (χ1n) is 8.99. The van der Waals surface area contributed by atoms with E-state index in [9.17, 15) is 8.42 Å². The highest BCUT2D eigenvalue weighted by atomic mass is 32.2. The molecule has 0 atom stereocenters. The Kier molecular flexibility index (Phi) is 8.47. The molecule has 0 saturated carbocycles. The molecule has 27 heavy (non-hydrogen) atoms. The molecule has 7 heteroatoms. The molecule has 0 fully saturated rings. The normalized spacial score (nSPS) is 11.4. The maximum Gasteiger partial charge on any atom is 0.240 e. The van der Waals surface area contributed by atoms with Crippen molar-refractivity contribution in [2.45, 2.75) is 31.4 Å². The Morgan fingerprint density at radius 1 is 1.00 bits per heavy atom. The molecule has 0 aromatic heterocycles. The molecular formula is C20H27NO4S2. The van der Waals surface area contributed by atoms with Gasteiger partial charge in [-0.15, -0.1) is 0 Å². The zero-order chi connectivity index (χ0) is 19.7. The van der Waals surface area contributed by atoms with Crippen LogP contribution in [0.3, 0.4) is 0 Å². The molecule has 0 radical (unpaired) electrons. The number of hydrogen-bond acceptors (Lipinski definition) is 5.